The first-order chi connectivity index (χ1) is 12.3. The molecule has 2 aromatic carbocycles. The van der Waals surface area contributed by atoms with E-state index in [0.29, 0.717) is 6.54 Å². The fourth-order valence-electron chi connectivity index (χ4n) is 3.51. The number of benzene rings is 2. The van der Waals surface area contributed by atoms with Crippen molar-refractivity contribution in [1.82, 2.24) is 4.90 Å². The zero-order valence-electron chi connectivity index (χ0n) is 14.2. The van der Waals surface area contributed by atoms with Crippen LogP contribution in [0.3, 0.4) is 0 Å². The van der Waals surface area contributed by atoms with Crippen LogP contribution in [0, 0.1) is 0 Å². The molecule has 2 heterocycles. The van der Waals surface area contributed by atoms with Gasteiger partial charge in [-0.05, 0) is 29.7 Å². The van der Waals surface area contributed by atoms with Gasteiger partial charge in [-0.15, -0.1) is 0 Å². The molecule has 0 aromatic heterocycles. The highest BCUT2D eigenvalue weighted by molar-refractivity contribution is 5.89. The first-order valence-corrected chi connectivity index (χ1v) is 8.79. The summed E-state index contributed by atoms with van der Waals surface area (Å²) in [6, 6.07) is 20.3. The highest BCUT2D eigenvalue weighted by atomic mass is 16.6. The summed E-state index contributed by atoms with van der Waals surface area (Å²) in [5.41, 5.74) is 3.62. The van der Waals surface area contributed by atoms with Crippen molar-refractivity contribution in [3.63, 3.8) is 0 Å². The predicted molar refractivity (Wildman–Crippen MR) is 99.5 cm³/mol. The Morgan fingerprint density at radius 2 is 1.72 bits per heavy atom. The molecule has 2 aliphatic rings. The lowest BCUT2D eigenvalue weighted by molar-refractivity contribution is 0.112. The van der Waals surface area contributed by atoms with E-state index in [1.165, 1.54) is 11.1 Å². The van der Waals surface area contributed by atoms with Crippen LogP contribution in [0.5, 0.6) is 0 Å². The summed E-state index contributed by atoms with van der Waals surface area (Å²) in [6.45, 7) is 3.31. The Morgan fingerprint density at radius 3 is 2.40 bits per heavy atom. The van der Waals surface area contributed by atoms with Gasteiger partial charge in [0.2, 0.25) is 0 Å². The maximum Gasteiger partial charge on any atom is 0.414 e. The summed E-state index contributed by atoms with van der Waals surface area (Å²) in [7, 11) is 0. The van der Waals surface area contributed by atoms with Crippen LogP contribution in [-0.4, -0.2) is 43.3 Å². The van der Waals surface area contributed by atoms with Crippen LogP contribution >= 0.6 is 0 Å². The van der Waals surface area contributed by atoms with Crippen LogP contribution in [0.1, 0.15) is 12.0 Å². The van der Waals surface area contributed by atoms with Crippen molar-refractivity contribution < 1.29 is 9.53 Å². The number of hydrogen-bond donors (Lipinski definition) is 0. The number of hydrogen-bond acceptors (Lipinski definition) is 3. The average Bonchev–Trinajstić information content (AvgIpc) is 3.04. The lowest BCUT2D eigenvalue weighted by Gasteiger charge is -2.28. The highest BCUT2D eigenvalue weighted by Crippen LogP contribution is 2.24. The Bertz CT molecular complexity index is 758. The summed E-state index contributed by atoms with van der Waals surface area (Å²) in [5, 5.41) is 0. The molecule has 0 radical (unpaired) electrons. The predicted octanol–water partition coefficient (Wildman–Crippen LogP) is 3.80. The van der Waals surface area contributed by atoms with E-state index in [9.17, 15) is 4.79 Å². The normalized spacial score (nSPS) is 21.1. The third kappa shape index (κ3) is 3.59. The molecule has 1 atom stereocenters. The van der Waals surface area contributed by atoms with Gasteiger partial charge in [0.05, 0.1) is 6.54 Å². The molecule has 2 aromatic rings. The molecule has 0 N–H and O–H groups in total. The monoisotopic (exact) mass is 334 g/mol. The minimum Gasteiger partial charge on any atom is -0.443 e. The number of ether oxygens (including phenoxy) is 1. The number of carbonyl (C=O) groups is 1. The number of cyclic esters (lactones) is 1. The first-order valence-electron chi connectivity index (χ1n) is 8.79. The van der Waals surface area contributed by atoms with Crippen molar-refractivity contribution >= 4 is 17.4 Å². The topological polar surface area (TPSA) is 32.8 Å². The van der Waals surface area contributed by atoms with E-state index in [4.69, 9.17) is 4.74 Å². The minimum atomic E-state index is -0.242. The second-order valence-corrected chi connectivity index (χ2v) is 6.56. The van der Waals surface area contributed by atoms with Crippen LogP contribution in [0.25, 0.3) is 5.57 Å². The van der Waals surface area contributed by atoms with Crippen molar-refractivity contribution in [2.24, 2.45) is 0 Å². The van der Waals surface area contributed by atoms with Crippen LogP contribution in [-0.2, 0) is 4.74 Å². The zero-order chi connectivity index (χ0) is 17.1. The van der Waals surface area contributed by atoms with Gasteiger partial charge < -0.3 is 4.74 Å². The molecule has 25 heavy (non-hydrogen) atoms. The van der Waals surface area contributed by atoms with Crippen molar-refractivity contribution in [3.8, 4) is 0 Å². The molecule has 1 amide bonds. The van der Waals surface area contributed by atoms with Crippen LogP contribution < -0.4 is 4.90 Å². The standard InChI is InChI=1S/C21H22N2O2/c24-21-23(19-9-5-2-6-10-19)16-20(25-21)15-22-13-11-18(12-14-22)17-7-3-1-4-8-17/h1-11,20H,12-16H2. The number of anilines is 1. The Labute approximate surface area is 148 Å². The fourth-order valence-corrected chi connectivity index (χ4v) is 3.51. The highest BCUT2D eigenvalue weighted by Gasteiger charge is 2.33. The van der Waals surface area contributed by atoms with Gasteiger partial charge in [0, 0.05) is 25.3 Å². The molecule has 4 heteroatoms. The third-order valence-electron chi connectivity index (χ3n) is 4.84. The second-order valence-electron chi connectivity index (χ2n) is 6.56. The summed E-state index contributed by atoms with van der Waals surface area (Å²) in [5.74, 6) is 0. The van der Waals surface area contributed by atoms with Crippen LogP contribution in [0.2, 0.25) is 0 Å². The smallest absolute Gasteiger partial charge is 0.414 e. The molecule has 2 aliphatic heterocycles. The lowest BCUT2D eigenvalue weighted by atomic mass is 9.99. The van der Waals surface area contributed by atoms with E-state index >= 15 is 0 Å². The molecular formula is C21H22N2O2. The Balaban J connectivity index is 1.35. The van der Waals surface area contributed by atoms with E-state index < -0.39 is 0 Å². The summed E-state index contributed by atoms with van der Waals surface area (Å²) < 4.78 is 5.57. The maximum absolute atomic E-state index is 12.1. The fraction of sp³-hybridized carbons (Fsp3) is 0.286. The van der Waals surface area contributed by atoms with Gasteiger partial charge in [-0.3, -0.25) is 9.80 Å². The van der Waals surface area contributed by atoms with Gasteiger partial charge in [-0.2, -0.15) is 0 Å². The van der Waals surface area contributed by atoms with Crippen molar-refractivity contribution in [2.75, 3.05) is 31.1 Å². The van der Waals surface area contributed by atoms with Crippen molar-refractivity contribution in [2.45, 2.75) is 12.5 Å². The van der Waals surface area contributed by atoms with Gasteiger partial charge in [-0.1, -0.05) is 54.6 Å². The van der Waals surface area contributed by atoms with Gasteiger partial charge in [0.25, 0.3) is 0 Å². The van der Waals surface area contributed by atoms with Gasteiger partial charge in [0.15, 0.2) is 0 Å². The zero-order valence-corrected chi connectivity index (χ0v) is 14.2. The number of amides is 1. The molecule has 0 saturated carbocycles. The van der Waals surface area contributed by atoms with Crippen LogP contribution in [0.4, 0.5) is 10.5 Å². The van der Waals surface area contributed by atoms with Gasteiger partial charge in [0.1, 0.15) is 6.10 Å². The average molecular weight is 334 g/mol. The van der Waals surface area contributed by atoms with Gasteiger partial charge in [-0.25, -0.2) is 4.79 Å². The van der Waals surface area contributed by atoms with E-state index in [2.05, 4.69) is 35.2 Å². The van der Waals surface area contributed by atoms with Crippen molar-refractivity contribution in [1.29, 1.82) is 0 Å². The molecule has 4 rings (SSSR count). The van der Waals surface area contributed by atoms with E-state index in [1.807, 2.05) is 36.4 Å². The molecule has 0 spiro atoms. The summed E-state index contributed by atoms with van der Waals surface area (Å²) in [4.78, 5) is 16.2. The van der Waals surface area contributed by atoms with Gasteiger partial charge >= 0.3 is 6.09 Å². The third-order valence-corrected chi connectivity index (χ3v) is 4.84. The van der Waals surface area contributed by atoms with Crippen LogP contribution in [0.15, 0.2) is 66.7 Å². The van der Waals surface area contributed by atoms with E-state index in [-0.39, 0.29) is 12.2 Å². The molecule has 128 valence electrons. The number of nitrogens with zero attached hydrogens (tertiary/aromatic N) is 2. The maximum atomic E-state index is 12.1. The lowest BCUT2D eigenvalue weighted by Crippen LogP contribution is -2.37. The number of para-hydroxylation sites is 1. The Kier molecular flexibility index (Phi) is 4.53. The largest absolute Gasteiger partial charge is 0.443 e. The quantitative estimate of drug-likeness (QED) is 0.852. The minimum absolute atomic E-state index is 0.0700. The Morgan fingerprint density at radius 1 is 1.00 bits per heavy atom. The molecule has 1 saturated heterocycles. The molecule has 1 fully saturated rings. The Hall–Kier alpha value is -2.59. The summed E-state index contributed by atoms with van der Waals surface area (Å²) in [6.07, 6.45) is 3.02. The SMILES string of the molecule is O=C1OC(CN2CC=C(c3ccccc3)CC2)CN1c1ccccc1. The van der Waals surface area contributed by atoms with E-state index in [0.717, 1.165) is 31.7 Å². The first kappa shape index (κ1) is 15.9. The molecule has 0 bridgehead atoms. The van der Waals surface area contributed by atoms with Crippen molar-refractivity contribution in [3.05, 3.63) is 72.3 Å². The molecular weight excluding hydrogens is 312 g/mol. The molecule has 4 nitrogen and oxygen atoms in total. The second kappa shape index (κ2) is 7.11. The molecule has 1 unspecified atom stereocenters. The number of rotatable bonds is 4. The summed E-state index contributed by atoms with van der Waals surface area (Å²) >= 11 is 0. The van der Waals surface area contributed by atoms with E-state index in [1.54, 1.807) is 4.90 Å². The number of carbonyl (C=O) groups excluding carboxylic acids is 1. The molecule has 0 aliphatic carbocycles.